The van der Waals surface area contributed by atoms with Crippen molar-refractivity contribution in [3.05, 3.63) is 0 Å². The standard InChI is InChI=1S/C11H22N2O2.2C2H6/c1-4-6-11(5-2)9-13(7-8-15-3)10(14)12-11;2*1-2/h4-9H2,1-3H3,(H,12,14);2*1-2H3. The summed E-state index contributed by atoms with van der Waals surface area (Å²) in [6.07, 6.45) is 3.15. The Labute approximate surface area is 119 Å². The number of methoxy groups -OCH3 is 1. The molecule has 2 amide bonds. The van der Waals surface area contributed by atoms with Crippen LogP contribution in [0.4, 0.5) is 4.79 Å². The van der Waals surface area contributed by atoms with E-state index in [9.17, 15) is 4.79 Å². The molecule has 116 valence electrons. The van der Waals surface area contributed by atoms with Crippen molar-refractivity contribution in [1.29, 1.82) is 0 Å². The number of nitrogens with one attached hydrogen (secondary N) is 1. The van der Waals surface area contributed by atoms with Gasteiger partial charge in [-0.05, 0) is 12.8 Å². The minimum Gasteiger partial charge on any atom is -0.383 e. The van der Waals surface area contributed by atoms with Crippen molar-refractivity contribution in [2.45, 2.75) is 66.3 Å². The summed E-state index contributed by atoms with van der Waals surface area (Å²) in [5.41, 5.74) is -0.000422. The molecule has 4 heteroatoms. The molecule has 1 rings (SSSR count). The molecule has 1 aliphatic heterocycles. The summed E-state index contributed by atoms with van der Waals surface area (Å²) < 4.78 is 4.99. The first kappa shape index (κ1) is 20.5. The molecule has 0 aromatic heterocycles. The van der Waals surface area contributed by atoms with Gasteiger partial charge in [0.15, 0.2) is 0 Å². The fraction of sp³-hybridized carbons (Fsp3) is 0.933. The highest BCUT2D eigenvalue weighted by atomic mass is 16.5. The maximum absolute atomic E-state index is 11.7. The monoisotopic (exact) mass is 274 g/mol. The molecule has 0 spiro atoms. The lowest BCUT2D eigenvalue weighted by Crippen LogP contribution is -2.42. The second-order valence-corrected chi connectivity index (χ2v) is 4.23. The Balaban J connectivity index is 0. The van der Waals surface area contributed by atoms with E-state index in [0.717, 1.165) is 25.8 Å². The summed E-state index contributed by atoms with van der Waals surface area (Å²) in [6, 6.07) is 0.0577. The van der Waals surface area contributed by atoms with Gasteiger partial charge in [-0.2, -0.15) is 0 Å². The average Bonchev–Trinajstić information content (AvgIpc) is 2.78. The van der Waals surface area contributed by atoms with Crippen LogP contribution in [-0.4, -0.2) is 43.3 Å². The molecule has 0 bridgehead atoms. The lowest BCUT2D eigenvalue weighted by molar-refractivity contribution is 0.158. The van der Waals surface area contributed by atoms with E-state index in [-0.39, 0.29) is 11.6 Å². The largest absolute Gasteiger partial charge is 0.383 e. The first-order valence-electron chi connectivity index (χ1n) is 7.73. The number of carbonyl (C=O) groups is 1. The van der Waals surface area contributed by atoms with Crippen molar-refractivity contribution in [2.75, 3.05) is 26.8 Å². The van der Waals surface area contributed by atoms with Crippen molar-refractivity contribution in [1.82, 2.24) is 10.2 Å². The zero-order chi connectivity index (χ0) is 15.3. The van der Waals surface area contributed by atoms with Crippen LogP contribution in [0.1, 0.15) is 60.8 Å². The van der Waals surface area contributed by atoms with Gasteiger partial charge in [0, 0.05) is 20.2 Å². The molecule has 0 aliphatic carbocycles. The molecule has 1 unspecified atom stereocenters. The molecular weight excluding hydrogens is 240 g/mol. The van der Waals surface area contributed by atoms with Gasteiger partial charge in [0.25, 0.3) is 0 Å². The lowest BCUT2D eigenvalue weighted by Gasteiger charge is -2.26. The summed E-state index contributed by atoms with van der Waals surface area (Å²) in [6.45, 7) is 14.4. The first-order valence-corrected chi connectivity index (χ1v) is 7.73. The number of hydrogen-bond acceptors (Lipinski definition) is 2. The van der Waals surface area contributed by atoms with E-state index in [4.69, 9.17) is 4.74 Å². The Hall–Kier alpha value is -0.770. The van der Waals surface area contributed by atoms with Crippen LogP contribution < -0.4 is 5.32 Å². The van der Waals surface area contributed by atoms with Gasteiger partial charge in [-0.3, -0.25) is 0 Å². The molecule has 0 aromatic rings. The number of rotatable bonds is 6. The highest BCUT2D eigenvalue weighted by molar-refractivity contribution is 5.77. The van der Waals surface area contributed by atoms with Crippen LogP contribution in [0, 0.1) is 0 Å². The minimum atomic E-state index is -0.000422. The van der Waals surface area contributed by atoms with Crippen LogP contribution in [0.5, 0.6) is 0 Å². The molecule has 0 saturated carbocycles. The molecule has 1 N–H and O–H groups in total. The third-order valence-electron chi connectivity index (χ3n) is 3.12. The third kappa shape index (κ3) is 6.81. The van der Waals surface area contributed by atoms with Gasteiger partial charge in [-0.1, -0.05) is 48.0 Å². The summed E-state index contributed by atoms with van der Waals surface area (Å²) in [4.78, 5) is 13.5. The van der Waals surface area contributed by atoms with Gasteiger partial charge in [-0.25, -0.2) is 4.79 Å². The number of hydrogen-bond donors (Lipinski definition) is 1. The molecule has 0 aromatic carbocycles. The molecule has 1 fully saturated rings. The van der Waals surface area contributed by atoms with Crippen molar-refractivity contribution < 1.29 is 9.53 Å². The predicted octanol–water partition coefficient (Wildman–Crippen LogP) is 3.66. The van der Waals surface area contributed by atoms with Crippen LogP contribution >= 0.6 is 0 Å². The fourth-order valence-corrected chi connectivity index (χ4v) is 2.16. The normalized spacial score (nSPS) is 21.0. The predicted molar refractivity (Wildman–Crippen MR) is 82.6 cm³/mol. The number of urea groups is 1. The zero-order valence-corrected chi connectivity index (χ0v) is 14.0. The Morgan fingerprint density at radius 2 is 1.84 bits per heavy atom. The molecule has 1 saturated heterocycles. The van der Waals surface area contributed by atoms with Crippen molar-refractivity contribution >= 4 is 6.03 Å². The number of amides is 2. The van der Waals surface area contributed by atoms with Gasteiger partial charge < -0.3 is 15.0 Å². The summed E-state index contributed by atoms with van der Waals surface area (Å²) >= 11 is 0. The highest BCUT2D eigenvalue weighted by Crippen LogP contribution is 2.24. The molecule has 19 heavy (non-hydrogen) atoms. The van der Waals surface area contributed by atoms with Crippen LogP contribution in [-0.2, 0) is 4.74 Å². The van der Waals surface area contributed by atoms with Crippen molar-refractivity contribution in [2.24, 2.45) is 0 Å². The average molecular weight is 274 g/mol. The van der Waals surface area contributed by atoms with E-state index >= 15 is 0 Å². The first-order chi connectivity index (χ1) is 9.17. The number of carbonyl (C=O) groups excluding carboxylic acids is 1. The third-order valence-corrected chi connectivity index (χ3v) is 3.12. The van der Waals surface area contributed by atoms with Crippen LogP contribution in [0.15, 0.2) is 0 Å². The van der Waals surface area contributed by atoms with Gasteiger partial charge in [0.2, 0.25) is 0 Å². The minimum absolute atomic E-state index is 0.000422. The van der Waals surface area contributed by atoms with E-state index in [2.05, 4.69) is 19.2 Å². The van der Waals surface area contributed by atoms with Gasteiger partial charge in [-0.15, -0.1) is 0 Å². The second kappa shape index (κ2) is 12.3. The molecule has 1 aliphatic rings. The van der Waals surface area contributed by atoms with Gasteiger partial charge >= 0.3 is 6.03 Å². The van der Waals surface area contributed by atoms with E-state index in [0.29, 0.717) is 13.2 Å². The zero-order valence-electron chi connectivity index (χ0n) is 14.0. The maximum atomic E-state index is 11.7. The molecule has 1 atom stereocenters. The lowest BCUT2D eigenvalue weighted by atomic mass is 9.92. The Bertz CT molecular complexity index is 222. The molecule has 0 radical (unpaired) electrons. The number of nitrogens with zero attached hydrogens (tertiary/aromatic N) is 1. The number of ether oxygens (including phenoxy) is 1. The summed E-state index contributed by atoms with van der Waals surface area (Å²) in [5, 5.41) is 3.11. The fourth-order valence-electron chi connectivity index (χ4n) is 2.16. The topological polar surface area (TPSA) is 41.6 Å². The van der Waals surface area contributed by atoms with Crippen molar-refractivity contribution in [3.63, 3.8) is 0 Å². The molecule has 1 heterocycles. The van der Waals surface area contributed by atoms with Gasteiger partial charge in [0.05, 0.1) is 12.1 Å². The highest BCUT2D eigenvalue weighted by Gasteiger charge is 2.39. The van der Waals surface area contributed by atoms with Crippen molar-refractivity contribution in [3.8, 4) is 0 Å². The van der Waals surface area contributed by atoms with E-state index in [1.165, 1.54) is 0 Å². The van der Waals surface area contributed by atoms with E-state index < -0.39 is 0 Å². The van der Waals surface area contributed by atoms with Gasteiger partial charge in [0.1, 0.15) is 0 Å². The molecule has 4 nitrogen and oxygen atoms in total. The summed E-state index contributed by atoms with van der Waals surface area (Å²) in [7, 11) is 1.66. The van der Waals surface area contributed by atoms with Crippen LogP contribution in [0.25, 0.3) is 0 Å². The van der Waals surface area contributed by atoms with Crippen LogP contribution in [0.2, 0.25) is 0 Å². The van der Waals surface area contributed by atoms with Crippen LogP contribution in [0.3, 0.4) is 0 Å². The summed E-state index contributed by atoms with van der Waals surface area (Å²) in [5.74, 6) is 0. The second-order valence-electron chi connectivity index (χ2n) is 4.23. The Kier molecular flexibility index (Phi) is 13.3. The smallest absolute Gasteiger partial charge is 0.318 e. The SMILES string of the molecule is CC.CC.CCCC1(CC)CN(CCOC)C(=O)N1. The van der Waals surface area contributed by atoms with E-state index in [1.54, 1.807) is 7.11 Å². The Morgan fingerprint density at radius 1 is 1.26 bits per heavy atom. The molecular formula is C15H34N2O2. The maximum Gasteiger partial charge on any atom is 0.318 e. The van der Waals surface area contributed by atoms with E-state index in [1.807, 2.05) is 32.6 Å². The quantitative estimate of drug-likeness (QED) is 0.803. The Morgan fingerprint density at radius 3 is 2.26 bits per heavy atom.